The number of esters is 2. The predicted molar refractivity (Wildman–Crippen MR) is 186 cm³/mol. The van der Waals surface area contributed by atoms with Crippen molar-refractivity contribution in [2.45, 2.75) is 39.2 Å². The van der Waals surface area contributed by atoms with Crippen molar-refractivity contribution < 1.29 is 93.1 Å². The summed E-state index contributed by atoms with van der Waals surface area (Å²) in [5.74, 6) is -14.4. The Balaban J connectivity index is 1.73. The van der Waals surface area contributed by atoms with E-state index in [4.69, 9.17) is 56.8 Å². The van der Waals surface area contributed by atoms with E-state index in [2.05, 4.69) is 4.74 Å². The second-order valence-corrected chi connectivity index (χ2v) is 12.2. The van der Waals surface area contributed by atoms with Gasteiger partial charge in [-0.25, -0.2) is 13.2 Å². The molecule has 0 heterocycles. The van der Waals surface area contributed by atoms with Gasteiger partial charge in [-0.2, -0.15) is 8.78 Å². The van der Waals surface area contributed by atoms with Gasteiger partial charge in [0.15, 0.2) is 0 Å². The Morgan fingerprint density at radius 1 is 0.357 bits per heavy atom. The fraction of sp³-hybridized carbons (Fsp3) is 0.778. The lowest BCUT2D eigenvalue weighted by Gasteiger charge is -2.19. The van der Waals surface area contributed by atoms with Crippen LogP contribution in [0.15, 0.2) is 0 Å². The highest BCUT2D eigenvalue weighted by Crippen LogP contribution is 2.29. The number of carbonyl (C=O) groups is 2. The van der Waals surface area contributed by atoms with Crippen LogP contribution in [0.25, 0.3) is 0 Å². The van der Waals surface area contributed by atoms with Crippen LogP contribution in [0.2, 0.25) is 0 Å². The molecule has 15 nitrogen and oxygen atoms in total. The van der Waals surface area contributed by atoms with E-state index >= 15 is 0 Å². The van der Waals surface area contributed by atoms with Crippen LogP contribution in [0.5, 0.6) is 5.75 Å². The molecule has 0 atom stereocenters. The van der Waals surface area contributed by atoms with E-state index in [9.17, 15) is 31.5 Å². The maximum Gasteiger partial charge on any atom is 0.313 e. The fourth-order valence-corrected chi connectivity index (χ4v) is 3.84. The molecule has 0 N–H and O–H groups in total. The first-order chi connectivity index (χ1) is 26.9. The van der Waals surface area contributed by atoms with E-state index in [1.54, 1.807) is 0 Å². The Morgan fingerprint density at radius 3 is 0.821 bits per heavy atom. The zero-order chi connectivity index (χ0) is 41.3. The van der Waals surface area contributed by atoms with Crippen LogP contribution in [0, 0.1) is 29.1 Å². The number of rotatable bonds is 37. The molecule has 1 aromatic rings. The van der Waals surface area contributed by atoms with Gasteiger partial charge >= 0.3 is 11.9 Å². The van der Waals surface area contributed by atoms with Crippen molar-refractivity contribution in [1.82, 2.24) is 0 Å². The minimum atomic E-state index is -2.35. The lowest BCUT2D eigenvalue weighted by molar-refractivity contribution is -0.156. The second-order valence-electron chi connectivity index (χ2n) is 12.2. The van der Waals surface area contributed by atoms with Crippen LogP contribution in [0.4, 0.5) is 22.0 Å². The summed E-state index contributed by atoms with van der Waals surface area (Å²) >= 11 is 0. The standard InChI is InChI=1S/C36H57F5O15/c1-36(2,3)56-29(43)5-7-45-9-11-47-13-15-49-17-19-51-21-23-53-25-27-54-26-24-52-22-20-50-18-16-48-14-12-46-10-8-44-6-4-28(42)55-35-33(40)31(38)30(37)32(39)34(35)41/h4-27H2,1-3H3. The first kappa shape index (κ1) is 51.4. The van der Waals surface area contributed by atoms with Crippen molar-refractivity contribution >= 4 is 11.9 Å². The molecule has 0 aliphatic heterocycles. The molecule has 0 unspecified atom stereocenters. The number of benzene rings is 1. The van der Waals surface area contributed by atoms with Gasteiger partial charge in [0.2, 0.25) is 34.8 Å². The molecular weight excluding hydrogens is 767 g/mol. The molecule has 326 valence electrons. The highest BCUT2D eigenvalue weighted by Gasteiger charge is 2.28. The topological polar surface area (TPSA) is 154 Å². The van der Waals surface area contributed by atoms with E-state index < -0.39 is 52.8 Å². The molecule has 0 bridgehead atoms. The Kier molecular flexibility index (Phi) is 30.6. The molecule has 0 fully saturated rings. The molecule has 1 aromatic carbocycles. The fourth-order valence-electron chi connectivity index (χ4n) is 3.84. The van der Waals surface area contributed by atoms with E-state index in [0.29, 0.717) is 119 Å². The second kappa shape index (κ2) is 33.4. The summed E-state index contributed by atoms with van der Waals surface area (Å²) < 4.78 is 135. The van der Waals surface area contributed by atoms with Crippen molar-refractivity contribution in [2.24, 2.45) is 0 Å². The maximum atomic E-state index is 13.6. The van der Waals surface area contributed by atoms with Crippen LogP contribution in [-0.4, -0.2) is 163 Å². The normalized spacial score (nSPS) is 11.7. The molecule has 0 aliphatic rings. The predicted octanol–water partition coefficient (Wildman–Crippen LogP) is 3.59. The summed E-state index contributed by atoms with van der Waals surface area (Å²) in [6.45, 7) is 13.0. The summed E-state index contributed by atoms with van der Waals surface area (Å²) in [5.41, 5.74) is -0.495. The number of halogens is 5. The van der Waals surface area contributed by atoms with Gasteiger partial charge in [-0.3, -0.25) is 9.59 Å². The van der Waals surface area contributed by atoms with Crippen molar-refractivity contribution in [3.05, 3.63) is 29.1 Å². The third-order valence-electron chi connectivity index (χ3n) is 6.43. The molecule has 56 heavy (non-hydrogen) atoms. The molecule has 0 saturated heterocycles. The van der Waals surface area contributed by atoms with Gasteiger partial charge in [0.1, 0.15) is 5.60 Å². The van der Waals surface area contributed by atoms with Crippen LogP contribution >= 0.6 is 0 Å². The summed E-state index contributed by atoms with van der Waals surface area (Å²) in [4.78, 5) is 23.2. The van der Waals surface area contributed by atoms with E-state index in [1.807, 2.05) is 20.8 Å². The molecule has 1 rings (SSSR count). The number of hydrogen-bond donors (Lipinski definition) is 0. The Bertz CT molecular complexity index is 1150. The summed E-state index contributed by atoms with van der Waals surface area (Å²) in [7, 11) is 0. The van der Waals surface area contributed by atoms with Crippen molar-refractivity contribution in [1.29, 1.82) is 0 Å². The highest BCUT2D eigenvalue weighted by molar-refractivity contribution is 5.72. The number of hydrogen-bond acceptors (Lipinski definition) is 15. The zero-order valence-corrected chi connectivity index (χ0v) is 32.5. The zero-order valence-electron chi connectivity index (χ0n) is 32.5. The first-order valence-electron chi connectivity index (χ1n) is 18.2. The van der Waals surface area contributed by atoms with Crippen LogP contribution in [-0.2, 0) is 66.4 Å². The third kappa shape index (κ3) is 27.9. The van der Waals surface area contributed by atoms with Gasteiger partial charge in [0, 0.05) is 0 Å². The Hall–Kier alpha value is -2.63. The average molecular weight is 825 g/mol. The molecule has 0 aliphatic carbocycles. The largest absolute Gasteiger partial charge is 0.460 e. The van der Waals surface area contributed by atoms with Crippen LogP contribution in [0.3, 0.4) is 0 Å². The minimum absolute atomic E-state index is 0.0744. The summed E-state index contributed by atoms with van der Waals surface area (Å²) in [6.07, 6.45) is -0.283. The van der Waals surface area contributed by atoms with Gasteiger partial charge in [0.25, 0.3) is 0 Å². The lowest BCUT2D eigenvalue weighted by Crippen LogP contribution is -2.24. The van der Waals surface area contributed by atoms with Gasteiger partial charge in [-0.05, 0) is 20.8 Å². The SMILES string of the molecule is CC(C)(C)OC(=O)CCOCCOCCOCCOCCOCCOCCOCCOCCOCCOCCOCCC(=O)Oc1c(F)c(F)c(F)c(F)c1F. The number of carbonyl (C=O) groups excluding carboxylic acids is 2. The average Bonchev–Trinajstić information content (AvgIpc) is 3.15. The van der Waals surface area contributed by atoms with Gasteiger partial charge in [0.05, 0.1) is 158 Å². The minimum Gasteiger partial charge on any atom is -0.460 e. The summed E-state index contributed by atoms with van der Waals surface area (Å²) in [6, 6.07) is 0. The van der Waals surface area contributed by atoms with Crippen LogP contribution < -0.4 is 4.74 Å². The van der Waals surface area contributed by atoms with Crippen molar-refractivity contribution in [2.75, 3.05) is 145 Å². The third-order valence-corrected chi connectivity index (χ3v) is 6.43. The van der Waals surface area contributed by atoms with Crippen molar-refractivity contribution in [3.63, 3.8) is 0 Å². The molecule has 0 radical (unpaired) electrons. The molecular formula is C36H57F5O15. The lowest BCUT2D eigenvalue weighted by atomic mass is 10.2. The van der Waals surface area contributed by atoms with E-state index in [0.717, 1.165) is 0 Å². The number of ether oxygens (including phenoxy) is 13. The van der Waals surface area contributed by atoms with Gasteiger partial charge in [-0.1, -0.05) is 0 Å². The van der Waals surface area contributed by atoms with Crippen LogP contribution in [0.1, 0.15) is 33.6 Å². The van der Waals surface area contributed by atoms with E-state index in [1.165, 1.54) is 0 Å². The monoisotopic (exact) mass is 824 g/mol. The Morgan fingerprint density at radius 2 is 0.571 bits per heavy atom. The van der Waals surface area contributed by atoms with Gasteiger partial charge < -0.3 is 61.6 Å². The molecule has 0 spiro atoms. The highest BCUT2D eigenvalue weighted by atomic mass is 19.2. The molecule has 20 heteroatoms. The smallest absolute Gasteiger partial charge is 0.313 e. The molecule has 0 aromatic heterocycles. The maximum absolute atomic E-state index is 13.6. The van der Waals surface area contributed by atoms with E-state index in [-0.39, 0.29) is 38.8 Å². The van der Waals surface area contributed by atoms with Gasteiger partial charge in [-0.15, -0.1) is 0 Å². The van der Waals surface area contributed by atoms with Crippen molar-refractivity contribution in [3.8, 4) is 5.75 Å². The summed E-state index contributed by atoms with van der Waals surface area (Å²) in [5, 5.41) is 0. The quantitative estimate of drug-likeness (QED) is 0.0240. The Labute approximate surface area is 324 Å². The first-order valence-corrected chi connectivity index (χ1v) is 18.2. The molecule has 0 saturated carbocycles. The molecule has 0 amide bonds.